The zero-order valence-electron chi connectivity index (χ0n) is 20.4. The molecule has 2 amide bonds. The third-order valence-electron chi connectivity index (χ3n) is 5.13. The number of nitrogens with zero attached hydrogens (tertiary/aromatic N) is 2. The molecule has 0 radical (unpaired) electrons. The third kappa shape index (κ3) is 8.19. The van der Waals surface area contributed by atoms with E-state index in [4.69, 9.17) is 9.47 Å². The number of hydrogen-bond acceptors (Lipinski definition) is 6. The van der Waals surface area contributed by atoms with Gasteiger partial charge < -0.3 is 19.7 Å². The normalized spacial score (nSPS) is 10.6. The molecule has 8 nitrogen and oxygen atoms in total. The van der Waals surface area contributed by atoms with Crippen LogP contribution in [-0.2, 0) is 9.59 Å². The second-order valence-corrected chi connectivity index (χ2v) is 8.18. The Labute approximate surface area is 205 Å². The number of carbonyl (C=O) groups excluding carboxylic acids is 2. The van der Waals surface area contributed by atoms with Gasteiger partial charge in [0.05, 0.1) is 6.21 Å². The molecule has 2 N–H and O–H groups in total. The lowest BCUT2D eigenvalue weighted by molar-refractivity contribution is -0.123. The van der Waals surface area contributed by atoms with Crippen molar-refractivity contribution >= 4 is 29.4 Å². The van der Waals surface area contributed by atoms with E-state index in [-0.39, 0.29) is 25.0 Å². The van der Waals surface area contributed by atoms with Crippen molar-refractivity contribution in [3.8, 4) is 11.5 Å². The van der Waals surface area contributed by atoms with Crippen LogP contribution in [0.2, 0.25) is 0 Å². The van der Waals surface area contributed by atoms with Gasteiger partial charge in [-0.05, 0) is 66.9 Å². The van der Waals surface area contributed by atoms with E-state index < -0.39 is 0 Å². The van der Waals surface area contributed by atoms with Gasteiger partial charge in [0.1, 0.15) is 11.5 Å². The minimum absolute atomic E-state index is 0.128. The number of aryl methyl sites for hydroxylation is 2. The molecular weight excluding hydrogens is 444 g/mol. The molecule has 0 aromatic heterocycles. The number of rotatable bonds is 10. The highest BCUT2D eigenvalue weighted by atomic mass is 16.5. The number of carbonyl (C=O) groups is 2. The fourth-order valence-electron chi connectivity index (χ4n) is 3.06. The zero-order valence-corrected chi connectivity index (χ0v) is 20.4. The Morgan fingerprint density at radius 1 is 0.857 bits per heavy atom. The Hall–Kier alpha value is -4.33. The molecule has 0 unspecified atom stereocenters. The number of benzene rings is 3. The number of nitrogens with one attached hydrogen (secondary N) is 2. The van der Waals surface area contributed by atoms with Crippen LogP contribution in [0.5, 0.6) is 11.5 Å². The van der Waals surface area contributed by atoms with E-state index in [2.05, 4.69) is 15.8 Å². The molecule has 0 aliphatic rings. The van der Waals surface area contributed by atoms with Crippen LogP contribution in [0.15, 0.2) is 71.8 Å². The van der Waals surface area contributed by atoms with Crippen molar-refractivity contribution < 1.29 is 19.1 Å². The summed E-state index contributed by atoms with van der Waals surface area (Å²) in [4.78, 5) is 26.2. The molecule has 0 fully saturated rings. The Morgan fingerprint density at radius 2 is 1.54 bits per heavy atom. The van der Waals surface area contributed by atoms with Crippen LogP contribution < -0.4 is 25.1 Å². The van der Waals surface area contributed by atoms with Crippen LogP contribution in [-0.4, -0.2) is 45.3 Å². The van der Waals surface area contributed by atoms with Crippen molar-refractivity contribution in [3.63, 3.8) is 0 Å². The summed E-state index contributed by atoms with van der Waals surface area (Å²) in [7, 11) is 3.86. The SMILES string of the molecule is Cc1ccc(NC(=O)COc2cccc(/C=N/NC(=O)COc3cccc(N(C)C)c3)c2)cc1C. The highest BCUT2D eigenvalue weighted by Gasteiger charge is 2.06. The van der Waals surface area contributed by atoms with E-state index in [0.29, 0.717) is 17.1 Å². The number of ether oxygens (including phenoxy) is 2. The van der Waals surface area contributed by atoms with Crippen molar-refractivity contribution in [1.82, 2.24) is 5.43 Å². The summed E-state index contributed by atoms with van der Waals surface area (Å²) < 4.78 is 11.1. The van der Waals surface area contributed by atoms with Crippen LogP contribution in [0.1, 0.15) is 16.7 Å². The topological polar surface area (TPSA) is 92.3 Å². The third-order valence-corrected chi connectivity index (χ3v) is 5.13. The lowest BCUT2D eigenvalue weighted by Crippen LogP contribution is -2.24. The molecule has 0 saturated heterocycles. The molecule has 35 heavy (non-hydrogen) atoms. The highest BCUT2D eigenvalue weighted by Crippen LogP contribution is 2.19. The van der Waals surface area contributed by atoms with E-state index in [1.54, 1.807) is 30.3 Å². The first-order valence-electron chi connectivity index (χ1n) is 11.1. The molecule has 3 aromatic carbocycles. The van der Waals surface area contributed by atoms with Gasteiger partial charge in [-0.15, -0.1) is 0 Å². The maximum absolute atomic E-state index is 12.2. The van der Waals surface area contributed by atoms with Gasteiger partial charge in [-0.1, -0.05) is 24.3 Å². The van der Waals surface area contributed by atoms with Crippen LogP contribution >= 0.6 is 0 Å². The van der Waals surface area contributed by atoms with Gasteiger partial charge in [-0.25, -0.2) is 5.43 Å². The van der Waals surface area contributed by atoms with Gasteiger partial charge in [0.25, 0.3) is 11.8 Å². The molecule has 8 heteroatoms. The number of amides is 2. The quantitative estimate of drug-likeness (QED) is 0.343. The van der Waals surface area contributed by atoms with Crippen molar-refractivity contribution in [2.45, 2.75) is 13.8 Å². The first-order valence-corrected chi connectivity index (χ1v) is 11.1. The number of anilines is 2. The smallest absolute Gasteiger partial charge is 0.277 e. The minimum Gasteiger partial charge on any atom is -0.484 e. The molecular formula is C27H30N4O4. The Kier molecular flexibility index (Phi) is 8.83. The molecule has 0 saturated carbocycles. The van der Waals surface area contributed by atoms with E-state index in [1.165, 1.54) is 6.21 Å². The largest absolute Gasteiger partial charge is 0.484 e. The van der Waals surface area contributed by atoms with Crippen molar-refractivity contribution in [2.75, 3.05) is 37.5 Å². The average molecular weight is 475 g/mol. The molecule has 3 rings (SSSR count). The summed E-state index contributed by atoms with van der Waals surface area (Å²) in [5, 5.41) is 6.78. The lowest BCUT2D eigenvalue weighted by Gasteiger charge is -2.13. The summed E-state index contributed by atoms with van der Waals surface area (Å²) in [6.45, 7) is 3.72. The molecule has 3 aromatic rings. The van der Waals surface area contributed by atoms with Gasteiger partial charge in [-0.2, -0.15) is 5.10 Å². The molecule has 0 spiro atoms. The summed E-state index contributed by atoms with van der Waals surface area (Å²) in [6, 6.07) is 20.2. The van der Waals surface area contributed by atoms with E-state index >= 15 is 0 Å². The molecule has 0 atom stereocenters. The van der Waals surface area contributed by atoms with E-state index in [0.717, 1.165) is 22.5 Å². The van der Waals surface area contributed by atoms with Crippen LogP contribution in [0, 0.1) is 13.8 Å². The molecule has 0 aliphatic heterocycles. The van der Waals surface area contributed by atoms with E-state index in [9.17, 15) is 9.59 Å². The summed E-state index contributed by atoms with van der Waals surface area (Å²) in [5.41, 5.74) is 7.11. The maximum atomic E-state index is 12.2. The van der Waals surface area contributed by atoms with Crippen molar-refractivity contribution in [2.24, 2.45) is 5.10 Å². The predicted octanol–water partition coefficient (Wildman–Crippen LogP) is 3.92. The van der Waals surface area contributed by atoms with Crippen LogP contribution in [0.25, 0.3) is 0 Å². The monoisotopic (exact) mass is 474 g/mol. The fraction of sp³-hybridized carbons (Fsp3) is 0.222. The fourth-order valence-corrected chi connectivity index (χ4v) is 3.06. The van der Waals surface area contributed by atoms with Crippen molar-refractivity contribution in [1.29, 1.82) is 0 Å². The standard InChI is InChI=1S/C27H30N4O4/c1-19-11-12-22(13-20(19)2)29-26(32)17-34-24-9-5-7-21(14-24)16-28-30-27(33)18-35-25-10-6-8-23(15-25)31(3)4/h5-16H,17-18H2,1-4H3,(H,29,32)(H,30,33)/b28-16+. The number of hydrazone groups is 1. The summed E-state index contributed by atoms with van der Waals surface area (Å²) in [5.74, 6) is 0.476. The second-order valence-electron chi connectivity index (χ2n) is 8.18. The Balaban J connectivity index is 1.44. The van der Waals surface area contributed by atoms with Crippen LogP contribution in [0.4, 0.5) is 11.4 Å². The molecule has 182 valence electrons. The summed E-state index contributed by atoms with van der Waals surface area (Å²) in [6.07, 6.45) is 1.49. The molecule has 0 aliphatic carbocycles. The van der Waals surface area contributed by atoms with Gasteiger partial charge in [-0.3, -0.25) is 9.59 Å². The predicted molar refractivity (Wildman–Crippen MR) is 138 cm³/mol. The Morgan fingerprint density at radius 3 is 2.26 bits per heavy atom. The minimum atomic E-state index is -0.382. The van der Waals surface area contributed by atoms with Crippen molar-refractivity contribution in [3.05, 3.63) is 83.4 Å². The van der Waals surface area contributed by atoms with Gasteiger partial charge in [0, 0.05) is 31.5 Å². The van der Waals surface area contributed by atoms with Gasteiger partial charge >= 0.3 is 0 Å². The lowest BCUT2D eigenvalue weighted by atomic mass is 10.1. The first kappa shape index (κ1) is 25.3. The zero-order chi connectivity index (χ0) is 25.2. The van der Waals surface area contributed by atoms with Gasteiger partial charge in [0.2, 0.25) is 0 Å². The van der Waals surface area contributed by atoms with E-state index in [1.807, 2.05) is 69.2 Å². The van der Waals surface area contributed by atoms with Gasteiger partial charge in [0.15, 0.2) is 13.2 Å². The van der Waals surface area contributed by atoms with Crippen LogP contribution in [0.3, 0.4) is 0 Å². The summed E-state index contributed by atoms with van der Waals surface area (Å²) >= 11 is 0. The number of hydrogen-bond donors (Lipinski definition) is 2. The first-order chi connectivity index (χ1) is 16.8. The Bertz CT molecular complexity index is 1210. The molecule has 0 bridgehead atoms. The second kappa shape index (κ2) is 12.2. The maximum Gasteiger partial charge on any atom is 0.277 e. The molecule has 0 heterocycles. The highest BCUT2D eigenvalue weighted by molar-refractivity contribution is 5.92. The average Bonchev–Trinajstić information content (AvgIpc) is 2.84.